The summed E-state index contributed by atoms with van der Waals surface area (Å²) in [5.74, 6) is -0.880. The van der Waals surface area contributed by atoms with E-state index in [1.165, 1.54) is 76.2 Å². The summed E-state index contributed by atoms with van der Waals surface area (Å²) in [4.78, 5) is 11.5. The van der Waals surface area contributed by atoms with Crippen LogP contribution >= 0.6 is 0 Å². The number of hydrogen-bond acceptors (Lipinski definition) is 1. The Morgan fingerprint density at radius 3 is 1.73 bits per heavy atom. The second-order valence-corrected chi connectivity index (χ2v) is 7.90. The van der Waals surface area contributed by atoms with Crippen molar-refractivity contribution in [2.24, 2.45) is 5.92 Å². The molecule has 0 spiro atoms. The average Bonchev–Trinajstić information content (AvgIpc) is 2.63. The van der Waals surface area contributed by atoms with Gasteiger partial charge in [0.25, 0.3) is 0 Å². The van der Waals surface area contributed by atoms with Gasteiger partial charge in [0.2, 0.25) is 0 Å². The number of hydrogen-bond donors (Lipinski definition) is 1. The van der Waals surface area contributed by atoms with Gasteiger partial charge in [-0.05, 0) is 25.3 Å². The minimum absolute atomic E-state index is 0.235. The zero-order valence-electron chi connectivity index (χ0n) is 17.1. The van der Waals surface area contributed by atoms with Crippen LogP contribution in [0.2, 0.25) is 0 Å². The van der Waals surface area contributed by atoms with E-state index in [1.54, 1.807) is 0 Å². The molecule has 0 amide bonds. The molecular weight excluding hydrogens is 320 g/mol. The third kappa shape index (κ3) is 11.3. The fraction of sp³-hybridized carbons (Fsp3) is 0.708. The SMILES string of the molecule is CCCCCCCCCCCCCCC(Cc1ccc(C)cc1)C(=O)O. The Bertz CT molecular complexity index is 464. The predicted octanol–water partition coefficient (Wildman–Crippen LogP) is 7.33. The summed E-state index contributed by atoms with van der Waals surface area (Å²) in [6, 6.07) is 8.26. The first-order chi connectivity index (χ1) is 12.6. The lowest BCUT2D eigenvalue weighted by Gasteiger charge is -2.12. The molecule has 148 valence electrons. The van der Waals surface area contributed by atoms with Crippen molar-refractivity contribution in [1.29, 1.82) is 0 Å². The van der Waals surface area contributed by atoms with Crippen molar-refractivity contribution in [1.82, 2.24) is 0 Å². The van der Waals surface area contributed by atoms with Crippen LogP contribution in [0.15, 0.2) is 24.3 Å². The molecule has 1 unspecified atom stereocenters. The van der Waals surface area contributed by atoms with Gasteiger partial charge in [-0.3, -0.25) is 4.79 Å². The molecule has 0 aromatic heterocycles. The molecule has 0 bridgehead atoms. The van der Waals surface area contributed by atoms with Crippen LogP contribution in [0, 0.1) is 12.8 Å². The Morgan fingerprint density at radius 1 is 0.808 bits per heavy atom. The van der Waals surface area contributed by atoms with E-state index in [-0.39, 0.29) is 5.92 Å². The van der Waals surface area contributed by atoms with Crippen LogP contribution in [0.25, 0.3) is 0 Å². The van der Waals surface area contributed by atoms with Crippen molar-refractivity contribution < 1.29 is 9.90 Å². The maximum Gasteiger partial charge on any atom is 0.306 e. The first kappa shape index (κ1) is 22.7. The molecule has 0 aliphatic heterocycles. The van der Waals surface area contributed by atoms with E-state index in [9.17, 15) is 9.90 Å². The lowest BCUT2D eigenvalue weighted by Crippen LogP contribution is -2.16. The molecule has 0 aliphatic rings. The molecule has 0 saturated carbocycles. The molecule has 1 aromatic rings. The third-order valence-corrected chi connectivity index (χ3v) is 5.36. The number of aryl methyl sites for hydroxylation is 1. The predicted molar refractivity (Wildman–Crippen MR) is 112 cm³/mol. The maximum absolute atomic E-state index is 11.5. The van der Waals surface area contributed by atoms with Crippen molar-refractivity contribution >= 4 is 5.97 Å². The summed E-state index contributed by atoms with van der Waals surface area (Å²) in [6.45, 7) is 4.33. The zero-order valence-corrected chi connectivity index (χ0v) is 17.1. The van der Waals surface area contributed by atoms with Gasteiger partial charge < -0.3 is 5.11 Å². The van der Waals surface area contributed by atoms with Crippen LogP contribution in [-0.2, 0) is 11.2 Å². The Kier molecular flexibility index (Phi) is 13.0. The van der Waals surface area contributed by atoms with Crippen LogP contribution in [-0.4, -0.2) is 11.1 Å². The Morgan fingerprint density at radius 2 is 1.27 bits per heavy atom. The summed E-state index contributed by atoms with van der Waals surface area (Å²) in [6.07, 6.45) is 17.3. The second kappa shape index (κ2) is 14.8. The van der Waals surface area contributed by atoms with E-state index in [0.717, 1.165) is 18.4 Å². The molecule has 0 aliphatic carbocycles. The Hall–Kier alpha value is -1.31. The van der Waals surface area contributed by atoms with Crippen molar-refractivity contribution in [2.45, 2.75) is 104 Å². The van der Waals surface area contributed by atoms with Crippen LogP contribution in [0.4, 0.5) is 0 Å². The van der Waals surface area contributed by atoms with E-state index in [4.69, 9.17) is 0 Å². The standard InChI is InChI=1S/C24H40O2/c1-3-4-5-6-7-8-9-10-11-12-13-14-15-23(24(25)26)20-22-18-16-21(2)17-19-22/h16-19,23H,3-15,20H2,1-2H3,(H,25,26). The minimum Gasteiger partial charge on any atom is -0.481 e. The average molecular weight is 361 g/mol. The molecule has 0 fully saturated rings. The molecular formula is C24H40O2. The van der Waals surface area contributed by atoms with Gasteiger partial charge in [-0.2, -0.15) is 0 Å². The van der Waals surface area contributed by atoms with Gasteiger partial charge in [-0.1, -0.05) is 114 Å². The van der Waals surface area contributed by atoms with E-state index in [0.29, 0.717) is 6.42 Å². The quantitative estimate of drug-likeness (QED) is 0.313. The monoisotopic (exact) mass is 360 g/mol. The third-order valence-electron chi connectivity index (χ3n) is 5.36. The largest absolute Gasteiger partial charge is 0.481 e. The normalized spacial score (nSPS) is 12.2. The van der Waals surface area contributed by atoms with Gasteiger partial charge in [-0.15, -0.1) is 0 Å². The molecule has 0 saturated heterocycles. The highest BCUT2D eigenvalue weighted by atomic mass is 16.4. The topological polar surface area (TPSA) is 37.3 Å². The molecule has 26 heavy (non-hydrogen) atoms. The highest BCUT2D eigenvalue weighted by Gasteiger charge is 2.17. The summed E-state index contributed by atoms with van der Waals surface area (Å²) in [7, 11) is 0. The van der Waals surface area contributed by atoms with Crippen LogP contribution < -0.4 is 0 Å². The lowest BCUT2D eigenvalue weighted by atomic mass is 9.93. The first-order valence-electron chi connectivity index (χ1n) is 10.9. The summed E-state index contributed by atoms with van der Waals surface area (Å²) >= 11 is 0. The number of benzene rings is 1. The molecule has 2 nitrogen and oxygen atoms in total. The molecule has 0 radical (unpaired) electrons. The van der Waals surface area contributed by atoms with Crippen molar-refractivity contribution in [3.05, 3.63) is 35.4 Å². The van der Waals surface area contributed by atoms with Crippen molar-refractivity contribution in [2.75, 3.05) is 0 Å². The fourth-order valence-corrected chi connectivity index (χ4v) is 3.55. The smallest absolute Gasteiger partial charge is 0.306 e. The van der Waals surface area contributed by atoms with E-state index in [2.05, 4.69) is 38.1 Å². The lowest BCUT2D eigenvalue weighted by molar-refractivity contribution is -0.142. The minimum atomic E-state index is -0.645. The number of rotatable bonds is 16. The maximum atomic E-state index is 11.5. The number of unbranched alkanes of at least 4 members (excludes halogenated alkanes) is 11. The summed E-state index contributed by atoms with van der Waals surface area (Å²) < 4.78 is 0. The highest BCUT2D eigenvalue weighted by molar-refractivity contribution is 5.70. The summed E-state index contributed by atoms with van der Waals surface area (Å²) in [5, 5.41) is 9.47. The number of carboxylic acids is 1. The molecule has 2 heteroatoms. The molecule has 1 aromatic carbocycles. The van der Waals surface area contributed by atoms with Gasteiger partial charge in [0, 0.05) is 0 Å². The van der Waals surface area contributed by atoms with Gasteiger partial charge in [0.1, 0.15) is 0 Å². The van der Waals surface area contributed by atoms with Crippen LogP contribution in [0.5, 0.6) is 0 Å². The molecule has 0 heterocycles. The van der Waals surface area contributed by atoms with E-state index < -0.39 is 5.97 Å². The van der Waals surface area contributed by atoms with Crippen LogP contribution in [0.1, 0.15) is 102 Å². The first-order valence-corrected chi connectivity index (χ1v) is 10.9. The van der Waals surface area contributed by atoms with Gasteiger partial charge >= 0.3 is 5.97 Å². The zero-order chi connectivity index (χ0) is 19.0. The van der Waals surface area contributed by atoms with Crippen LogP contribution in [0.3, 0.4) is 0 Å². The van der Waals surface area contributed by atoms with E-state index >= 15 is 0 Å². The Labute approximate surface area is 161 Å². The number of carbonyl (C=O) groups is 1. The molecule has 1 rings (SSSR count). The van der Waals surface area contributed by atoms with Gasteiger partial charge in [0.15, 0.2) is 0 Å². The van der Waals surface area contributed by atoms with Crippen molar-refractivity contribution in [3.8, 4) is 0 Å². The van der Waals surface area contributed by atoms with Crippen molar-refractivity contribution in [3.63, 3.8) is 0 Å². The number of carboxylic acid groups (broad SMARTS) is 1. The summed E-state index contributed by atoms with van der Waals surface area (Å²) in [5.41, 5.74) is 2.36. The Balaban J connectivity index is 2.03. The van der Waals surface area contributed by atoms with Gasteiger partial charge in [-0.25, -0.2) is 0 Å². The molecule has 1 atom stereocenters. The van der Waals surface area contributed by atoms with Gasteiger partial charge in [0.05, 0.1) is 5.92 Å². The highest BCUT2D eigenvalue weighted by Crippen LogP contribution is 2.18. The molecule has 1 N–H and O–H groups in total. The second-order valence-electron chi connectivity index (χ2n) is 7.90. The number of aliphatic carboxylic acids is 1. The fourth-order valence-electron chi connectivity index (χ4n) is 3.55. The van der Waals surface area contributed by atoms with E-state index in [1.807, 2.05) is 0 Å².